The van der Waals surface area contributed by atoms with Crippen LogP contribution >= 0.6 is 0 Å². The Balaban J connectivity index is 1.65. The Bertz CT molecular complexity index is 1110. The molecule has 1 aromatic carbocycles. The summed E-state index contributed by atoms with van der Waals surface area (Å²) >= 11 is 0. The summed E-state index contributed by atoms with van der Waals surface area (Å²) in [6.07, 6.45) is 14.8. The summed E-state index contributed by atoms with van der Waals surface area (Å²) in [5.74, 6) is 3.87. The number of ether oxygens (including phenoxy) is 1. The lowest BCUT2D eigenvalue weighted by Crippen LogP contribution is -2.18. The predicted molar refractivity (Wildman–Crippen MR) is 114 cm³/mol. The van der Waals surface area contributed by atoms with Crippen LogP contribution < -0.4 is 4.74 Å². The van der Waals surface area contributed by atoms with Crippen LogP contribution in [0, 0.1) is 12.3 Å². The van der Waals surface area contributed by atoms with Crippen molar-refractivity contribution in [2.24, 2.45) is 0 Å². The fraction of sp³-hybridized carbons (Fsp3) is 0.227. The number of allylic oxidation sites excluding steroid dienone is 3. The minimum Gasteiger partial charge on any atom is -0.458 e. The molecule has 7 heteroatoms. The molecule has 3 aromatic rings. The van der Waals surface area contributed by atoms with Crippen LogP contribution in [0.25, 0.3) is 22.3 Å². The summed E-state index contributed by atoms with van der Waals surface area (Å²) < 4.78 is 7.83. The third kappa shape index (κ3) is 3.93. The molecule has 1 fully saturated rings. The van der Waals surface area contributed by atoms with E-state index in [1.807, 2.05) is 53.0 Å². The number of benzene rings is 1. The topological polar surface area (TPSA) is 56.1 Å². The Morgan fingerprint density at radius 3 is 2.86 bits per heavy atom. The van der Waals surface area contributed by atoms with E-state index >= 15 is 0 Å². The normalized spacial score (nSPS) is 17.8. The fourth-order valence-electron chi connectivity index (χ4n) is 3.45. The number of terminal acetylenes is 1. The van der Waals surface area contributed by atoms with Crippen molar-refractivity contribution in [2.75, 3.05) is 13.1 Å². The lowest BCUT2D eigenvalue weighted by Gasteiger charge is -2.11. The van der Waals surface area contributed by atoms with E-state index in [1.165, 1.54) is 0 Å². The van der Waals surface area contributed by atoms with Gasteiger partial charge in [0.15, 0.2) is 13.6 Å². The maximum absolute atomic E-state index is 5.95. The van der Waals surface area contributed by atoms with E-state index in [9.17, 15) is 0 Å². The van der Waals surface area contributed by atoms with Crippen molar-refractivity contribution in [3.8, 4) is 29.4 Å². The maximum Gasteiger partial charge on any atom is 0.182 e. The van der Waals surface area contributed by atoms with Gasteiger partial charge in [0.05, 0.1) is 11.4 Å². The highest BCUT2D eigenvalue weighted by Gasteiger charge is 2.25. The zero-order chi connectivity index (χ0) is 20.2. The first kappa shape index (κ1) is 19.0. The predicted octanol–water partition coefficient (Wildman–Crippen LogP) is 3.30. The average molecular weight is 381 g/mol. The highest BCUT2D eigenvalue weighted by atomic mass is 16.5. The van der Waals surface area contributed by atoms with Crippen LogP contribution in [0.5, 0.6) is 5.75 Å². The van der Waals surface area contributed by atoms with Gasteiger partial charge in [-0.2, -0.15) is 5.10 Å². The Labute approximate surface area is 171 Å². The second kappa shape index (κ2) is 8.33. The van der Waals surface area contributed by atoms with E-state index in [0.717, 1.165) is 47.6 Å². The monoisotopic (exact) mass is 381 g/mol. The van der Waals surface area contributed by atoms with E-state index in [0.29, 0.717) is 5.76 Å². The van der Waals surface area contributed by atoms with Gasteiger partial charge >= 0.3 is 0 Å². The molecule has 2 aromatic heterocycles. The number of aromatic nitrogens is 4. The van der Waals surface area contributed by atoms with Gasteiger partial charge in [0.25, 0.3) is 0 Å². The second-order valence-corrected chi connectivity index (χ2v) is 6.81. The molecule has 0 bridgehead atoms. The van der Waals surface area contributed by atoms with Crippen molar-refractivity contribution in [3.05, 3.63) is 60.8 Å². The van der Waals surface area contributed by atoms with E-state index in [2.05, 4.69) is 15.9 Å². The first-order valence-corrected chi connectivity index (χ1v) is 9.44. The van der Waals surface area contributed by atoms with Gasteiger partial charge in [-0.1, -0.05) is 5.92 Å². The van der Waals surface area contributed by atoms with Gasteiger partial charge in [-0.05, 0) is 62.4 Å². The number of hydrogen-bond acceptors (Lipinski definition) is 5. The zero-order valence-corrected chi connectivity index (χ0v) is 16.2. The van der Waals surface area contributed by atoms with Gasteiger partial charge in [-0.3, -0.25) is 0 Å². The van der Waals surface area contributed by atoms with Crippen molar-refractivity contribution in [2.45, 2.75) is 19.4 Å². The SMILES string of the molecule is [B]N1CC[C@@H](n2nc(-c3ccc(OC(/C=C\C#C)=C/C)cc3)c3cncnc32)C1. The lowest BCUT2D eigenvalue weighted by atomic mass is 10.1. The third-order valence-corrected chi connectivity index (χ3v) is 4.90. The van der Waals surface area contributed by atoms with Gasteiger partial charge in [0.1, 0.15) is 23.5 Å². The smallest absolute Gasteiger partial charge is 0.182 e. The molecule has 1 atom stereocenters. The molecule has 6 nitrogen and oxygen atoms in total. The van der Waals surface area contributed by atoms with Crippen LogP contribution in [0.4, 0.5) is 0 Å². The van der Waals surface area contributed by atoms with Crippen molar-refractivity contribution in [3.63, 3.8) is 0 Å². The van der Waals surface area contributed by atoms with Crippen LogP contribution in [0.3, 0.4) is 0 Å². The van der Waals surface area contributed by atoms with Gasteiger partial charge in [0.2, 0.25) is 0 Å². The molecule has 0 saturated carbocycles. The van der Waals surface area contributed by atoms with Crippen molar-refractivity contribution < 1.29 is 4.74 Å². The molecule has 1 saturated heterocycles. The number of rotatable bonds is 5. The van der Waals surface area contributed by atoms with Gasteiger partial charge in [-0.15, -0.1) is 6.42 Å². The molecule has 0 spiro atoms. The van der Waals surface area contributed by atoms with Crippen molar-refractivity contribution in [1.29, 1.82) is 0 Å². The third-order valence-electron chi connectivity index (χ3n) is 4.90. The Morgan fingerprint density at radius 2 is 2.17 bits per heavy atom. The minimum absolute atomic E-state index is 0.203. The van der Waals surface area contributed by atoms with Crippen LogP contribution in [-0.4, -0.2) is 45.6 Å². The lowest BCUT2D eigenvalue weighted by molar-refractivity contribution is 0.443. The largest absolute Gasteiger partial charge is 0.458 e. The van der Waals surface area contributed by atoms with Crippen LogP contribution in [0.1, 0.15) is 19.4 Å². The van der Waals surface area contributed by atoms with Crippen LogP contribution in [-0.2, 0) is 0 Å². The van der Waals surface area contributed by atoms with Gasteiger partial charge in [0, 0.05) is 18.3 Å². The fourth-order valence-corrected chi connectivity index (χ4v) is 3.45. The summed E-state index contributed by atoms with van der Waals surface area (Å²) in [6.45, 7) is 3.50. The number of hydrogen-bond donors (Lipinski definition) is 0. The molecular weight excluding hydrogens is 361 g/mol. The highest BCUT2D eigenvalue weighted by Crippen LogP contribution is 2.31. The summed E-state index contributed by atoms with van der Waals surface area (Å²) in [7, 11) is 5.95. The van der Waals surface area contributed by atoms with E-state index in [1.54, 1.807) is 18.5 Å². The molecule has 1 aliphatic heterocycles. The molecule has 3 heterocycles. The summed E-state index contributed by atoms with van der Waals surface area (Å²) in [5.41, 5.74) is 2.65. The number of nitrogens with zero attached hydrogens (tertiary/aromatic N) is 5. The standard InChI is InChI=1S/C22H20BN5O/c1-3-5-6-18(4-2)29-19-9-7-16(8-10-19)21-20-13-24-15-25-22(20)28(26-21)17-11-12-27(23)14-17/h1,4-10,13,15,17H,11-12,14H2,2H3/b6-5-,18-4+/t17-/m1/s1. The molecule has 0 unspecified atom stereocenters. The summed E-state index contributed by atoms with van der Waals surface area (Å²) in [4.78, 5) is 10.5. The van der Waals surface area contributed by atoms with Gasteiger partial charge in [-0.25, -0.2) is 14.6 Å². The maximum atomic E-state index is 5.95. The molecule has 0 amide bonds. The minimum atomic E-state index is 0.203. The van der Waals surface area contributed by atoms with Crippen molar-refractivity contribution in [1.82, 2.24) is 24.6 Å². The highest BCUT2D eigenvalue weighted by molar-refractivity contribution is 6.04. The van der Waals surface area contributed by atoms with E-state index in [-0.39, 0.29) is 6.04 Å². The Kier molecular flexibility index (Phi) is 5.45. The Hall–Kier alpha value is -3.37. The first-order chi connectivity index (χ1) is 14.2. The Morgan fingerprint density at radius 1 is 1.34 bits per heavy atom. The zero-order valence-electron chi connectivity index (χ0n) is 16.2. The molecule has 0 N–H and O–H groups in total. The van der Waals surface area contributed by atoms with Gasteiger partial charge < -0.3 is 9.55 Å². The van der Waals surface area contributed by atoms with Crippen LogP contribution in [0.2, 0.25) is 0 Å². The summed E-state index contributed by atoms with van der Waals surface area (Å²) in [6, 6.07) is 7.99. The molecule has 2 radical (unpaired) electrons. The van der Waals surface area contributed by atoms with Crippen molar-refractivity contribution >= 4 is 19.0 Å². The average Bonchev–Trinajstić information content (AvgIpc) is 3.35. The quantitative estimate of drug-likeness (QED) is 0.294. The first-order valence-electron chi connectivity index (χ1n) is 9.44. The van der Waals surface area contributed by atoms with Crippen LogP contribution in [0.15, 0.2) is 60.8 Å². The summed E-state index contributed by atoms with van der Waals surface area (Å²) in [5, 5.41) is 5.79. The van der Waals surface area contributed by atoms with E-state index in [4.69, 9.17) is 24.2 Å². The molecule has 0 aliphatic carbocycles. The second-order valence-electron chi connectivity index (χ2n) is 6.81. The molecule has 29 heavy (non-hydrogen) atoms. The molecule has 4 rings (SSSR count). The van der Waals surface area contributed by atoms with E-state index < -0.39 is 0 Å². The molecular formula is C22H20BN5O. The molecule has 1 aliphatic rings. The molecule has 142 valence electrons. The number of fused-ring (bicyclic) bond motifs is 1.